The third-order valence-corrected chi connectivity index (χ3v) is 7.40. The maximum absolute atomic E-state index is 12.8. The van der Waals surface area contributed by atoms with Gasteiger partial charge in [-0.3, -0.25) is 4.99 Å². The Morgan fingerprint density at radius 2 is 1.55 bits per heavy atom. The van der Waals surface area contributed by atoms with Gasteiger partial charge in [0.15, 0.2) is 6.61 Å². The highest BCUT2D eigenvalue weighted by atomic mass is 16.6. The van der Waals surface area contributed by atoms with Crippen molar-refractivity contribution >= 4 is 23.4 Å². The van der Waals surface area contributed by atoms with E-state index in [9.17, 15) is 14.8 Å². The highest BCUT2D eigenvalue weighted by molar-refractivity contribution is 6.69. The van der Waals surface area contributed by atoms with E-state index >= 15 is 0 Å². The zero-order valence-electron chi connectivity index (χ0n) is 24.0. The number of unbranched alkanes of at least 4 members (excludes halogenated alkanes) is 8. The molecule has 2 rings (SSSR count). The second-order valence-corrected chi connectivity index (χ2v) is 10.5. The summed E-state index contributed by atoms with van der Waals surface area (Å²) < 4.78 is 10.4. The zero-order chi connectivity index (χ0) is 27.8. The van der Waals surface area contributed by atoms with E-state index in [2.05, 4.69) is 38.9 Å². The van der Waals surface area contributed by atoms with E-state index < -0.39 is 18.5 Å². The summed E-state index contributed by atoms with van der Waals surface area (Å²) in [5.41, 5.74) is 2.98. The predicted molar refractivity (Wildman–Crippen MR) is 152 cm³/mol. The number of ether oxygens (including phenoxy) is 2. The molecule has 0 fully saturated rings. The van der Waals surface area contributed by atoms with Gasteiger partial charge in [-0.2, -0.15) is 0 Å². The Morgan fingerprint density at radius 1 is 0.921 bits per heavy atom. The quantitative estimate of drug-likeness (QED) is 0.0721. The van der Waals surface area contributed by atoms with Crippen molar-refractivity contribution in [1.82, 2.24) is 0 Å². The third-order valence-electron chi connectivity index (χ3n) is 7.40. The maximum atomic E-state index is 12.8. The summed E-state index contributed by atoms with van der Waals surface area (Å²) in [6.07, 6.45) is 14.6. The van der Waals surface area contributed by atoms with Crippen molar-refractivity contribution in [1.29, 1.82) is 0 Å². The molecule has 0 bridgehead atoms. The van der Waals surface area contributed by atoms with Crippen LogP contribution < -0.4 is 0 Å². The average molecular weight is 529 g/mol. The first-order valence-electron chi connectivity index (χ1n) is 14.6. The molecule has 7 nitrogen and oxygen atoms in total. The number of hydrogen-bond acceptors (Lipinski definition) is 7. The molecular formula is C31H48N2O5. The number of aryl methyl sites for hydroxylation is 1. The minimum Gasteiger partial charge on any atom is -0.463 e. The van der Waals surface area contributed by atoms with Crippen LogP contribution in [0.15, 0.2) is 28.3 Å². The summed E-state index contributed by atoms with van der Waals surface area (Å²) in [6, 6.07) is 5.90. The van der Waals surface area contributed by atoms with Gasteiger partial charge >= 0.3 is 11.9 Å². The summed E-state index contributed by atoms with van der Waals surface area (Å²) in [7, 11) is 0. The molecule has 1 N–H and O–H groups in total. The molecule has 1 aliphatic heterocycles. The van der Waals surface area contributed by atoms with Gasteiger partial charge in [-0.15, -0.1) is 0 Å². The Bertz CT molecular complexity index is 948. The van der Waals surface area contributed by atoms with Gasteiger partial charge in [-0.05, 0) is 37.3 Å². The van der Waals surface area contributed by atoms with Crippen LogP contribution in [0, 0.1) is 6.92 Å². The lowest BCUT2D eigenvalue weighted by molar-refractivity contribution is -0.155. The van der Waals surface area contributed by atoms with E-state index in [-0.39, 0.29) is 11.1 Å². The van der Waals surface area contributed by atoms with Crippen molar-refractivity contribution in [3.8, 4) is 0 Å². The number of hydrogen-bond donors (Lipinski definition) is 1. The summed E-state index contributed by atoms with van der Waals surface area (Å²) in [6.45, 7) is 8.91. The predicted octanol–water partition coefficient (Wildman–Crippen LogP) is 7.08. The van der Waals surface area contributed by atoms with E-state index in [0.717, 1.165) is 61.6 Å². The summed E-state index contributed by atoms with van der Waals surface area (Å²) in [5, 5.41) is 13.0. The molecule has 1 aromatic rings. The first-order chi connectivity index (χ1) is 18.4. The Hall–Kier alpha value is -2.70. The minimum absolute atomic E-state index is 0.114. The molecule has 1 aliphatic rings. The molecular weight excluding hydrogens is 480 g/mol. The summed E-state index contributed by atoms with van der Waals surface area (Å²) in [4.78, 5) is 29.7. The Balaban J connectivity index is 1.90. The zero-order valence-corrected chi connectivity index (χ0v) is 24.0. The molecule has 0 saturated heterocycles. The Morgan fingerprint density at radius 3 is 2.16 bits per heavy atom. The number of oxime groups is 1. The van der Waals surface area contributed by atoms with Crippen LogP contribution in [0.1, 0.15) is 121 Å². The number of carbonyl (C=O) groups excluding carboxylic acids is 2. The number of esters is 2. The van der Waals surface area contributed by atoms with Crippen molar-refractivity contribution in [2.45, 2.75) is 117 Å². The normalized spacial score (nSPS) is 14.5. The number of fused-ring (bicyclic) bond motifs is 1. The van der Waals surface area contributed by atoms with Crippen molar-refractivity contribution in [3.63, 3.8) is 0 Å². The van der Waals surface area contributed by atoms with Crippen LogP contribution >= 0.6 is 0 Å². The van der Waals surface area contributed by atoms with Gasteiger partial charge in [-0.25, -0.2) is 9.59 Å². The lowest BCUT2D eigenvalue weighted by atomic mass is 9.68. The third kappa shape index (κ3) is 8.95. The molecule has 0 radical (unpaired) electrons. The Labute approximate surface area is 229 Å². The fourth-order valence-corrected chi connectivity index (χ4v) is 5.67. The average Bonchev–Trinajstić information content (AvgIpc) is 2.90. The molecule has 0 spiro atoms. The highest BCUT2D eigenvalue weighted by Gasteiger charge is 2.40. The molecule has 212 valence electrons. The molecule has 0 unspecified atom stereocenters. The van der Waals surface area contributed by atoms with Gasteiger partial charge in [0.1, 0.15) is 5.71 Å². The van der Waals surface area contributed by atoms with Crippen LogP contribution in [0.5, 0.6) is 0 Å². The van der Waals surface area contributed by atoms with E-state index in [0.29, 0.717) is 18.9 Å². The molecule has 7 heteroatoms. The standard InChI is InChI=1S/C31H48N2O5/c1-5-8-9-10-11-12-13-14-15-21-37-26(34)22-38-30(35)29(33-36)28-25-18-16-17-24(4)27(25)31(19-6-2,20-7-3)23-32-28/h16-18,36H,5-15,19-23H2,1-4H3. The number of rotatable bonds is 18. The topological polar surface area (TPSA) is 97.6 Å². The van der Waals surface area contributed by atoms with Gasteiger partial charge in [0.2, 0.25) is 5.71 Å². The lowest BCUT2D eigenvalue weighted by Gasteiger charge is -2.39. The van der Waals surface area contributed by atoms with Crippen LogP contribution in [0.4, 0.5) is 0 Å². The summed E-state index contributed by atoms with van der Waals surface area (Å²) in [5.74, 6) is -1.50. The number of nitrogens with zero attached hydrogens (tertiary/aromatic N) is 2. The van der Waals surface area contributed by atoms with Crippen molar-refractivity contribution < 1.29 is 24.3 Å². The first kappa shape index (κ1) is 31.5. The van der Waals surface area contributed by atoms with Gasteiger partial charge in [0.05, 0.1) is 6.61 Å². The van der Waals surface area contributed by atoms with Crippen molar-refractivity contribution in [2.24, 2.45) is 10.1 Å². The fourth-order valence-electron chi connectivity index (χ4n) is 5.67. The van der Waals surface area contributed by atoms with E-state index in [1.165, 1.54) is 38.5 Å². The lowest BCUT2D eigenvalue weighted by Crippen LogP contribution is -2.40. The van der Waals surface area contributed by atoms with E-state index in [4.69, 9.17) is 14.5 Å². The van der Waals surface area contributed by atoms with Crippen LogP contribution in [-0.2, 0) is 24.5 Å². The first-order valence-corrected chi connectivity index (χ1v) is 14.6. The highest BCUT2D eigenvalue weighted by Crippen LogP contribution is 2.41. The smallest absolute Gasteiger partial charge is 0.363 e. The van der Waals surface area contributed by atoms with E-state index in [1.54, 1.807) is 0 Å². The van der Waals surface area contributed by atoms with Crippen molar-refractivity contribution in [2.75, 3.05) is 19.8 Å². The minimum atomic E-state index is -0.891. The monoisotopic (exact) mass is 528 g/mol. The van der Waals surface area contributed by atoms with Gasteiger partial charge in [-0.1, -0.05) is 108 Å². The van der Waals surface area contributed by atoms with Crippen LogP contribution in [-0.4, -0.2) is 48.3 Å². The number of aliphatic imine (C=N–C) groups is 1. The largest absolute Gasteiger partial charge is 0.463 e. The van der Waals surface area contributed by atoms with Crippen LogP contribution in [0.2, 0.25) is 0 Å². The molecule has 38 heavy (non-hydrogen) atoms. The molecule has 0 atom stereocenters. The van der Waals surface area contributed by atoms with Crippen LogP contribution in [0.3, 0.4) is 0 Å². The molecule has 0 aliphatic carbocycles. The molecule has 1 aromatic carbocycles. The second-order valence-electron chi connectivity index (χ2n) is 10.5. The van der Waals surface area contributed by atoms with Crippen molar-refractivity contribution in [3.05, 3.63) is 34.9 Å². The SMILES string of the molecule is CCCCCCCCCCCOC(=O)COC(=O)C(=NO)C1=NCC(CCC)(CCC)c2c(C)cccc21. The summed E-state index contributed by atoms with van der Waals surface area (Å²) >= 11 is 0. The van der Waals surface area contributed by atoms with Crippen LogP contribution in [0.25, 0.3) is 0 Å². The van der Waals surface area contributed by atoms with Gasteiger partial charge in [0, 0.05) is 17.5 Å². The molecule has 1 heterocycles. The van der Waals surface area contributed by atoms with Gasteiger partial charge < -0.3 is 14.7 Å². The second kappa shape index (κ2) is 17.0. The van der Waals surface area contributed by atoms with E-state index in [1.807, 2.05) is 12.1 Å². The number of carbonyl (C=O) groups is 2. The maximum Gasteiger partial charge on any atom is 0.363 e. The Kier molecular flexibility index (Phi) is 14.1. The fraction of sp³-hybridized carbons (Fsp3) is 0.677. The molecule has 0 saturated carbocycles. The molecule has 0 amide bonds. The molecule has 0 aromatic heterocycles. The van der Waals surface area contributed by atoms with Gasteiger partial charge in [0.25, 0.3) is 0 Å². The number of benzene rings is 1.